The van der Waals surface area contributed by atoms with Crippen molar-refractivity contribution in [2.45, 2.75) is 13.3 Å². The first-order valence-corrected chi connectivity index (χ1v) is 7.95. The lowest BCUT2D eigenvalue weighted by Crippen LogP contribution is -2.27. The lowest BCUT2D eigenvalue weighted by atomic mass is 10.1. The summed E-state index contributed by atoms with van der Waals surface area (Å²) in [5.74, 6) is -1.42. The van der Waals surface area contributed by atoms with Crippen molar-refractivity contribution in [3.63, 3.8) is 0 Å². The van der Waals surface area contributed by atoms with Crippen molar-refractivity contribution < 1.29 is 32.6 Å². The predicted octanol–water partition coefficient (Wildman–Crippen LogP) is 3.13. The van der Waals surface area contributed by atoms with Gasteiger partial charge in [-0.25, -0.2) is 18.4 Å². The predicted molar refractivity (Wildman–Crippen MR) is 94.5 cm³/mol. The number of anilines is 1. The molecule has 0 amide bonds. The molecule has 0 saturated heterocycles. The molecule has 0 saturated carbocycles. The van der Waals surface area contributed by atoms with Gasteiger partial charge in [0.1, 0.15) is 18.1 Å². The van der Waals surface area contributed by atoms with Gasteiger partial charge in [0.2, 0.25) is 0 Å². The second kappa shape index (κ2) is 8.98. The van der Waals surface area contributed by atoms with Crippen LogP contribution < -0.4 is 9.64 Å². The van der Waals surface area contributed by atoms with Crippen molar-refractivity contribution in [2.75, 3.05) is 25.7 Å². The maximum absolute atomic E-state index is 12.6. The average molecular weight is 379 g/mol. The Morgan fingerprint density at radius 3 is 2.44 bits per heavy atom. The molecule has 27 heavy (non-hydrogen) atoms. The zero-order valence-corrected chi connectivity index (χ0v) is 15.1. The molecular formula is C19H19F2NO5. The second-order valence-electron chi connectivity index (χ2n) is 5.49. The molecule has 0 unspecified atom stereocenters. The number of halogens is 2. The van der Waals surface area contributed by atoms with E-state index in [1.807, 2.05) is 0 Å². The van der Waals surface area contributed by atoms with Crippen LogP contribution in [0, 0.1) is 6.92 Å². The lowest BCUT2D eigenvalue weighted by Gasteiger charge is -2.25. The Balaban J connectivity index is 2.65. The van der Waals surface area contributed by atoms with Crippen LogP contribution in [0.3, 0.4) is 0 Å². The number of nitrogens with zero attached hydrogens (tertiary/aromatic N) is 1. The molecule has 1 aromatic carbocycles. The van der Waals surface area contributed by atoms with Crippen molar-refractivity contribution in [3.8, 4) is 5.75 Å². The Bertz CT molecular complexity index is 814. The molecular weight excluding hydrogens is 360 g/mol. The summed E-state index contributed by atoms with van der Waals surface area (Å²) in [5.41, 5.74) is 0.929. The van der Waals surface area contributed by atoms with Gasteiger partial charge < -0.3 is 19.1 Å². The SMILES string of the molecule is COC(=O)C1=C(C(=O)OC)N(c2cc(C)ccc2OCC(F)F)C=CC=C1. The third-order valence-corrected chi connectivity index (χ3v) is 3.63. The molecule has 0 spiro atoms. The van der Waals surface area contributed by atoms with Crippen LogP contribution in [-0.4, -0.2) is 39.2 Å². The van der Waals surface area contributed by atoms with Gasteiger partial charge in [0, 0.05) is 6.20 Å². The highest BCUT2D eigenvalue weighted by Crippen LogP contribution is 2.35. The molecule has 0 fully saturated rings. The lowest BCUT2D eigenvalue weighted by molar-refractivity contribution is -0.139. The van der Waals surface area contributed by atoms with Crippen LogP contribution in [0.2, 0.25) is 0 Å². The van der Waals surface area contributed by atoms with E-state index in [4.69, 9.17) is 14.2 Å². The highest BCUT2D eigenvalue weighted by molar-refractivity contribution is 6.05. The first kappa shape index (κ1) is 20.2. The van der Waals surface area contributed by atoms with Crippen LogP contribution in [0.25, 0.3) is 0 Å². The number of alkyl halides is 2. The summed E-state index contributed by atoms with van der Waals surface area (Å²) in [4.78, 5) is 26.0. The van der Waals surface area contributed by atoms with Gasteiger partial charge in [-0.15, -0.1) is 0 Å². The van der Waals surface area contributed by atoms with E-state index in [0.717, 1.165) is 5.56 Å². The highest BCUT2D eigenvalue weighted by Gasteiger charge is 2.29. The quantitative estimate of drug-likeness (QED) is 0.708. The number of allylic oxidation sites excluding steroid dienone is 2. The van der Waals surface area contributed by atoms with Crippen molar-refractivity contribution in [3.05, 3.63) is 59.5 Å². The Hall–Kier alpha value is -3.16. The highest BCUT2D eigenvalue weighted by atomic mass is 19.3. The van der Waals surface area contributed by atoms with Crippen LogP contribution in [-0.2, 0) is 19.1 Å². The molecule has 1 aliphatic heterocycles. The van der Waals surface area contributed by atoms with E-state index >= 15 is 0 Å². The molecule has 0 N–H and O–H groups in total. The van der Waals surface area contributed by atoms with Gasteiger partial charge in [-0.1, -0.05) is 12.1 Å². The minimum absolute atomic E-state index is 0.0457. The third-order valence-electron chi connectivity index (χ3n) is 3.63. The summed E-state index contributed by atoms with van der Waals surface area (Å²) in [6, 6.07) is 4.85. The molecule has 0 radical (unpaired) electrons. The number of carbonyl (C=O) groups is 2. The van der Waals surface area contributed by atoms with Crippen molar-refractivity contribution >= 4 is 17.6 Å². The summed E-state index contributed by atoms with van der Waals surface area (Å²) >= 11 is 0. The minimum Gasteiger partial charge on any atom is -0.485 e. The largest absolute Gasteiger partial charge is 0.485 e. The molecule has 1 heterocycles. The van der Waals surface area contributed by atoms with Gasteiger partial charge in [0.05, 0.1) is 25.5 Å². The summed E-state index contributed by atoms with van der Waals surface area (Å²) in [7, 11) is 2.36. The van der Waals surface area contributed by atoms with Crippen LogP contribution in [0.5, 0.6) is 5.75 Å². The number of rotatable bonds is 6. The van der Waals surface area contributed by atoms with Gasteiger partial charge in [0.25, 0.3) is 6.43 Å². The zero-order chi connectivity index (χ0) is 20.0. The Labute approximate surface area is 155 Å². The van der Waals surface area contributed by atoms with E-state index in [-0.39, 0.29) is 17.0 Å². The number of carbonyl (C=O) groups excluding carboxylic acids is 2. The number of hydrogen-bond acceptors (Lipinski definition) is 6. The first-order chi connectivity index (χ1) is 12.9. The minimum atomic E-state index is -2.67. The third kappa shape index (κ3) is 4.72. The van der Waals surface area contributed by atoms with Gasteiger partial charge >= 0.3 is 11.9 Å². The number of ether oxygens (including phenoxy) is 3. The number of aryl methyl sites for hydroxylation is 1. The number of esters is 2. The maximum Gasteiger partial charge on any atom is 0.355 e. The summed E-state index contributed by atoms with van der Waals surface area (Å²) in [6.07, 6.45) is 3.37. The Morgan fingerprint density at radius 2 is 1.81 bits per heavy atom. The standard InChI is InChI=1S/C19H19F2NO5/c1-12-7-8-15(27-11-16(20)21)14(10-12)22-9-5-4-6-13(18(23)25-2)17(22)19(24)26-3/h4-10,16H,11H2,1-3H3. The molecule has 0 aliphatic carbocycles. The molecule has 0 atom stereocenters. The van der Waals surface area contributed by atoms with Crippen LogP contribution in [0.1, 0.15) is 5.56 Å². The number of hydrogen-bond donors (Lipinski definition) is 0. The van der Waals surface area contributed by atoms with Crippen LogP contribution in [0.15, 0.2) is 53.9 Å². The number of benzene rings is 1. The molecule has 1 aromatic rings. The first-order valence-electron chi connectivity index (χ1n) is 7.95. The van der Waals surface area contributed by atoms with E-state index in [0.29, 0.717) is 5.69 Å². The van der Waals surface area contributed by atoms with Gasteiger partial charge in [-0.05, 0) is 36.8 Å². The summed E-state index contributed by atoms with van der Waals surface area (Å²) < 4.78 is 40.0. The molecule has 8 heteroatoms. The van der Waals surface area contributed by atoms with Gasteiger partial charge in [0.15, 0.2) is 0 Å². The monoisotopic (exact) mass is 379 g/mol. The van der Waals surface area contributed by atoms with E-state index in [9.17, 15) is 18.4 Å². The molecule has 6 nitrogen and oxygen atoms in total. The second-order valence-corrected chi connectivity index (χ2v) is 5.49. The normalized spacial score (nSPS) is 13.6. The molecule has 1 aliphatic rings. The van der Waals surface area contributed by atoms with Gasteiger partial charge in [-0.2, -0.15) is 0 Å². The fraction of sp³-hybridized carbons (Fsp3) is 0.263. The molecule has 0 aromatic heterocycles. The fourth-order valence-electron chi connectivity index (χ4n) is 2.44. The van der Waals surface area contributed by atoms with Crippen molar-refractivity contribution in [1.29, 1.82) is 0 Å². The maximum atomic E-state index is 12.6. The van der Waals surface area contributed by atoms with E-state index in [1.54, 1.807) is 31.2 Å². The topological polar surface area (TPSA) is 65.1 Å². The Kier molecular flexibility index (Phi) is 6.70. The van der Waals surface area contributed by atoms with Crippen molar-refractivity contribution in [2.24, 2.45) is 0 Å². The van der Waals surface area contributed by atoms with E-state index in [1.165, 1.54) is 37.5 Å². The molecule has 2 rings (SSSR count). The smallest absolute Gasteiger partial charge is 0.355 e. The van der Waals surface area contributed by atoms with E-state index in [2.05, 4.69) is 0 Å². The van der Waals surface area contributed by atoms with Gasteiger partial charge in [-0.3, -0.25) is 0 Å². The molecule has 0 bridgehead atoms. The summed E-state index contributed by atoms with van der Waals surface area (Å²) in [6.45, 7) is 0.982. The van der Waals surface area contributed by atoms with E-state index < -0.39 is 25.0 Å². The Morgan fingerprint density at radius 1 is 1.11 bits per heavy atom. The van der Waals surface area contributed by atoms with Crippen LogP contribution >= 0.6 is 0 Å². The van der Waals surface area contributed by atoms with Crippen LogP contribution in [0.4, 0.5) is 14.5 Å². The van der Waals surface area contributed by atoms with Crippen molar-refractivity contribution in [1.82, 2.24) is 0 Å². The fourth-order valence-corrected chi connectivity index (χ4v) is 2.44. The average Bonchev–Trinajstić information content (AvgIpc) is 2.88. The zero-order valence-electron chi connectivity index (χ0n) is 15.1. The molecule has 144 valence electrons. The summed E-state index contributed by atoms with van der Waals surface area (Å²) in [5, 5.41) is 0. The number of methoxy groups -OCH3 is 2.